The summed E-state index contributed by atoms with van der Waals surface area (Å²) < 4.78 is 0. The van der Waals surface area contributed by atoms with Gasteiger partial charge >= 0.3 is 0 Å². The van der Waals surface area contributed by atoms with Gasteiger partial charge in [0.05, 0.1) is 5.54 Å². The number of hydrogen-bond donors (Lipinski definition) is 3. The zero-order chi connectivity index (χ0) is 17.2. The van der Waals surface area contributed by atoms with Crippen molar-refractivity contribution < 1.29 is 9.90 Å². The summed E-state index contributed by atoms with van der Waals surface area (Å²) in [6.07, 6.45) is 0.910. The molecule has 24 heavy (non-hydrogen) atoms. The molecular weight excluding hydrogens is 322 g/mol. The lowest BCUT2D eigenvalue weighted by atomic mass is 9.89. The highest BCUT2D eigenvalue weighted by Gasteiger charge is 2.29. The number of aliphatic imine (C=N–C) groups is 1. The summed E-state index contributed by atoms with van der Waals surface area (Å²) in [6.45, 7) is 2.06. The highest BCUT2D eigenvalue weighted by Crippen LogP contribution is 2.35. The van der Waals surface area contributed by atoms with Crippen LogP contribution in [0.5, 0.6) is 5.75 Å². The van der Waals surface area contributed by atoms with Gasteiger partial charge in [-0.3, -0.25) is 9.79 Å². The minimum absolute atomic E-state index is 0.113. The van der Waals surface area contributed by atoms with E-state index in [-0.39, 0.29) is 17.2 Å². The number of thioether (sulfide) groups is 1. The molecule has 1 heterocycles. The Morgan fingerprint density at radius 2 is 2.04 bits per heavy atom. The first-order valence-corrected chi connectivity index (χ1v) is 8.64. The fourth-order valence-corrected chi connectivity index (χ4v) is 3.64. The largest absolute Gasteiger partial charge is 0.508 e. The van der Waals surface area contributed by atoms with Gasteiger partial charge in [-0.2, -0.15) is 0 Å². The number of nitrogens with two attached hydrogens (primary N) is 1. The molecule has 0 saturated heterocycles. The van der Waals surface area contributed by atoms with Crippen molar-refractivity contribution in [3.8, 4) is 5.75 Å². The van der Waals surface area contributed by atoms with Gasteiger partial charge < -0.3 is 16.2 Å². The van der Waals surface area contributed by atoms with Crippen LogP contribution in [0.4, 0.5) is 5.69 Å². The summed E-state index contributed by atoms with van der Waals surface area (Å²) in [7, 11) is 0. The average Bonchev–Trinajstić information content (AvgIpc) is 2.55. The Hall–Kier alpha value is -2.47. The Morgan fingerprint density at radius 1 is 1.29 bits per heavy atom. The summed E-state index contributed by atoms with van der Waals surface area (Å²) in [5.41, 5.74) is 7.66. The third kappa shape index (κ3) is 3.54. The van der Waals surface area contributed by atoms with E-state index in [1.807, 2.05) is 12.1 Å². The van der Waals surface area contributed by atoms with Crippen molar-refractivity contribution >= 4 is 28.5 Å². The standard InChI is InChI=1S/C18H19N3O2S/c1-18(9-10-24-17(19)21-18)13-7-5-12(6-8-13)16(23)20-14-3-2-4-15(22)11-14/h2-8,11,22H,9-10H2,1H3,(H2,19,21)(H,20,23). The van der Waals surface area contributed by atoms with Crippen molar-refractivity contribution in [1.29, 1.82) is 0 Å². The quantitative estimate of drug-likeness (QED) is 0.799. The monoisotopic (exact) mass is 341 g/mol. The number of aromatic hydroxyl groups is 1. The van der Waals surface area contributed by atoms with E-state index in [2.05, 4.69) is 17.2 Å². The van der Waals surface area contributed by atoms with Gasteiger partial charge in [0, 0.05) is 23.1 Å². The topological polar surface area (TPSA) is 87.7 Å². The molecule has 1 aliphatic rings. The molecule has 4 N–H and O–H groups in total. The summed E-state index contributed by atoms with van der Waals surface area (Å²) in [5, 5.41) is 12.8. The predicted octanol–water partition coefficient (Wildman–Crippen LogP) is 3.31. The molecule has 1 unspecified atom stereocenters. The van der Waals surface area contributed by atoms with E-state index >= 15 is 0 Å². The van der Waals surface area contributed by atoms with Crippen molar-refractivity contribution in [3.63, 3.8) is 0 Å². The van der Waals surface area contributed by atoms with E-state index in [9.17, 15) is 9.90 Å². The Morgan fingerprint density at radius 3 is 2.71 bits per heavy atom. The van der Waals surface area contributed by atoms with Crippen molar-refractivity contribution in [2.45, 2.75) is 18.9 Å². The number of phenolic OH excluding ortho intramolecular Hbond substituents is 1. The molecule has 3 rings (SSSR count). The molecule has 1 amide bonds. The van der Waals surface area contributed by atoms with Gasteiger partial charge in [-0.05, 0) is 43.2 Å². The second kappa shape index (κ2) is 6.57. The Bertz CT molecular complexity index is 789. The first-order valence-electron chi connectivity index (χ1n) is 7.65. The summed E-state index contributed by atoms with van der Waals surface area (Å²) in [4.78, 5) is 16.9. The maximum atomic E-state index is 12.3. The lowest BCUT2D eigenvalue weighted by Crippen LogP contribution is -2.28. The maximum absolute atomic E-state index is 12.3. The fourth-order valence-electron chi connectivity index (χ4n) is 2.66. The number of amidine groups is 1. The van der Waals surface area contributed by atoms with E-state index in [0.29, 0.717) is 16.4 Å². The Kier molecular flexibility index (Phi) is 4.49. The van der Waals surface area contributed by atoms with Crippen LogP contribution in [0.25, 0.3) is 0 Å². The van der Waals surface area contributed by atoms with Gasteiger partial charge in [0.25, 0.3) is 5.91 Å². The van der Waals surface area contributed by atoms with E-state index in [1.54, 1.807) is 42.1 Å². The Labute approximate surface area is 145 Å². The van der Waals surface area contributed by atoms with Crippen LogP contribution in [-0.2, 0) is 5.54 Å². The van der Waals surface area contributed by atoms with Gasteiger partial charge in [-0.25, -0.2) is 0 Å². The minimum atomic E-state index is -0.338. The molecule has 0 radical (unpaired) electrons. The molecule has 5 nitrogen and oxygen atoms in total. The van der Waals surface area contributed by atoms with Crippen LogP contribution >= 0.6 is 11.8 Å². The van der Waals surface area contributed by atoms with Crippen LogP contribution in [0.2, 0.25) is 0 Å². The molecule has 0 spiro atoms. The number of benzene rings is 2. The Balaban J connectivity index is 1.77. The van der Waals surface area contributed by atoms with E-state index in [1.165, 1.54) is 6.07 Å². The molecule has 1 aliphatic heterocycles. The van der Waals surface area contributed by atoms with Crippen LogP contribution in [0.15, 0.2) is 53.5 Å². The number of hydrogen-bond acceptors (Lipinski definition) is 5. The normalized spacial score (nSPS) is 20.3. The molecule has 0 aromatic heterocycles. The zero-order valence-electron chi connectivity index (χ0n) is 13.3. The zero-order valence-corrected chi connectivity index (χ0v) is 14.1. The van der Waals surface area contributed by atoms with Gasteiger partial charge in [-0.1, -0.05) is 30.0 Å². The number of rotatable bonds is 3. The second-order valence-electron chi connectivity index (χ2n) is 5.90. The third-order valence-corrected chi connectivity index (χ3v) is 4.86. The molecule has 0 fully saturated rings. The number of phenols is 1. The van der Waals surface area contributed by atoms with Crippen LogP contribution in [-0.4, -0.2) is 21.9 Å². The fraction of sp³-hybridized carbons (Fsp3) is 0.222. The van der Waals surface area contributed by atoms with Crippen molar-refractivity contribution in [2.24, 2.45) is 10.7 Å². The lowest BCUT2D eigenvalue weighted by molar-refractivity contribution is 0.102. The van der Waals surface area contributed by atoms with E-state index < -0.39 is 0 Å². The van der Waals surface area contributed by atoms with Crippen molar-refractivity contribution in [2.75, 3.05) is 11.1 Å². The molecule has 0 aliphatic carbocycles. The molecule has 124 valence electrons. The number of anilines is 1. The van der Waals surface area contributed by atoms with Crippen molar-refractivity contribution in [3.05, 3.63) is 59.7 Å². The van der Waals surface area contributed by atoms with Gasteiger partial charge in [0.1, 0.15) is 5.75 Å². The molecule has 2 aromatic rings. The molecular formula is C18H19N3O2S. The molecule has 0 bridgehead atoms. The van der Waals surface area contributed by atoms with Gasteiger partial charge in [-0.15, -0.1) is 0 Å². The first-order chi connectivity index (χ1) is 11.5. The molecule has 0 saturated carbocycles. The maximum Gasteiger partial charge on any atom is 0.255 e. The number of amides is 1. The van der Waals surface area contributed by atoms with Crippen LogP contribution in [0.3, 0.4) is 0 Å². The predicted molar refractivity (Wildman–Crippen MR) is 98.6 cm³/mol. The van der Waals surface area contributed by atoms with Gasteiger partial charge in [0.2, 0.25) is 0 Å². The number of nitrogens with one attached hydrogen (secondary N) is 1. The average molecular weight is 341 g/mol. The SMILES string of the molecule is CC1(c2ccc(C(=O)Nc3cccc(O)c3)cc2)CCSC(N)=N1. The van der Waals surface area contributed by atoms with Crippen LogP contribution in [0, 0.1) is 0 Å². The first kappa shape index (κ1) is 16.4. The third-order valence-electron chi connectivity index (χ3n) is 4.07. The minimum Gasteiger partial charge on any atom is -0.508 e. The van der Waals surface area contributed by atoms with Crippen molar-refractivity contribution in [1.82, 2.24) is 0 Å². The number of carbonyl (C=O) groups excluding carboxylic acids is 1. The van der Waals surface area contributed by atoms with E-state index in [0.717, 1.165) is 17.7 Å². The van der Waals surface area contributed by atoms with Crippen LogP contribution < -0.4 is 11.1 Å². The summed E-state index contributed by atoms with van der Waals surface area (Å²) in [5.74, 6) is 0.826. The smallest absolute Gasteiger partial charge is 0.255 e. The number of carbonyl (C=O) groups is 1. The lowest BCUT2D eigenvalue weighted by Gasteiger charge is -2.29. The van der Waals surface area contributed by atoms with E-state index in [4.69, 9.17) is 5.73 Å². The second-order valence-corrected chi connectivity index (χ2v) is 7.02. The highest BCUT2D eigenvalue weighted by atomic mass is 32.2. The highest BCUT2D eigenvalue weighted by molar-refractivity contribution is 8.13. The van der Waals surface area contributed by atoms with Crippen LogP contribution in [0.1, 0.15) is 29.3 Å². The molecule has 6 heteroatoms. The summed E-state index contributed by atoms with van der Waals surface area (Å²) >= 11 is 1.57. The number of nitrogens with zero attached hydrogens (tertiary/aromatic N) is 1. The molecule has 1 atom stereocenters. The van der Waals surface area contributed by atoms with Gasteiger partial charge in [0.15, 0.2) is 5.17 Å². The molecule has 2 aromatic carbocycles. The summed E-state index contributed by atoms with van der Waals surface area (Å²) in [6, 6.07) is 13.9.